The lowest BCUT2D eigenvalue weighted by Gasteiger charge is -2.12. The van der Waals surface area contributed by atoms with Gasteiger partial charge in [-0.3, -0.25) is 14.6 Å². The maximum Gasteiger partial charge on any atom is 0.418 e. The highest BCUT2D eigenvalue weighted by Gasteiger charge is 2.32. The van der Waals surface area contributed by atoms with E-state index in [0.717, 1.165) is 22.3 Å². The summed E-state index contributed by atoms with van der Waals surface area (Å²) in [5.41, 5.74) is 2.67. The summed E-state index contributed by atoms with van der Waals surface area (Å²) in [7, 11) is 1.67. The molecule has 0 fully saturated rings. The van der Waals surface area contributed by atoms with Gasteiger partial charge in [0, 0.05) is 23.6 Å². The number of benzene rings is 1. The Labute approximate surface area is 215 Å². The number of likely N-dealkylation sites (N-methyl/N-ethyl adjacent to an activating group) is 1. The van der Waals surface area contributed by atoms with Crippen LogP contribution in [0.3, 0.4) is 0 Å². The smallest absolute Gasteiger partial charge is 0.321 e. The highest BCUT2D eigenvalue weighted by molar-refractivity contribution is 6.03. The number of hydrogen-bond acceptors (Lipinski definition) is 7. The summed E-state index contributed by atoms with van der Waals surface area (Å²) < 4.78 is 38.9. The van der Waals surface area contributed by atoms with Crippen molar-refractivity contribution < 1.29 is 22.8 Å². The van der Waals surface area contributed by atoms with Gasteiger partial charge in [-0.2, -0.15) is 18.3 Å². The van der Waals surface area contributed by atoms with Crippen LogP contribution in [-0.2, 0) is 11.0 Å². The number of hydrogen-bond donors (Lipinski definition) is 3. The van der Waals surface area contributed by atoms with E-state index < -0.39 is 23.3 Å². The molecule has 0 aliphatic rings. The number of rotatable bonds is 7. The molecule has 3 heterocycles. The summed E-state index contributed by atoms with van der Waals surface area (Å²) in [6, 6.07) is 12.9. The van der Waals surface area contributed by atoms with Crippen LogP contribution in [0.5, 0.6) is 0 Å². The molecule has 4 aromatic rings. The van der Waals surface area contributed by atoms with E-state index in [1.165, 1.54) is 0 Å². The molecule has 1 aromatic carbocycles. The number of amides is 2. The molecular weight excluding hydrogens is 499 g/mol. The predicted octanol–water partition coefficient (Wildman–Crippen LogP) is 4.34. The summed E-state index contributed by atoms with van der Waals surface area (Å²) in [4.78, 5) is 33.1. The predicted molar refractivity (Wildman–Crippen MR) is 135 cm³/mol. The molecule has 0 aliphatic carbocycles. The Hall–Kier alpha value is -4.71. The lowest BCUT2D eigenvalue weighted by Crippen LogP contribution is -2.25. The monoisotopic (exact) mass is 521 g/mol. The Morgan fingerprint density at radius 2 is 1.68 bits per heavy atom. The number of carbonyl (C=O) groups is 2. The maximum atomic E-state index is 13.0. The first kappa shape index (κ1) is 26.4. The normalized spacial score (nSPS) is 11.2. The van der Waals surface area contributed by atoms with Gasteiger partial charge in [-0.1, -0.05) is 6.07 Å². The van der Waals surface area contributed by atoms with E-state index in [0.29, 0.717) is 29.5 Å². The third-order valence-corrected chi connectivity index (χ3v) is 5.44. The van der Waals surface area contributed by atoms with E-state index in [-0.39, 0.29) is 12.5 Å². The minimum Gasteiger partial charge on any atom is -0.321 e. The average molecular weight is 522 g/mol. The van der Waals surface area contributed by atoms with Crippen molar-refractivity contribution in [1.29, 1.82) is 0 Å². The summed E-state index contributed by atoms with van der Waals surface area (Å²) in [5, 5.41) is 14.9. The van der Waals surface area contributed by atoms with E-state index >= 15 is 0 Å². The van der Waals surface area contributed by atoms with Crippen molar-refractivity contribution in [2.75, 3.05) is 24.2 Å². The first-order valence-electron chi connectivity index (χ1n) is 11.3. The van der Waals surface area contributed by atoms with Gasteiger partial charge in [0.15, 0.2) is 5.69 Å². The number of halogens is 3. The van der Waals surface area contributed by atoms with Crippen molar-refractivity contribution in [2.24, 2.45) is 0 Å². The number of pyridine rings is 2. The second-order valence-corrected chi connectivity index (χ2v) is 8.25. The first-order valence-corrected chi connectivity index (χ1v) is 11.3. The summed E-state index contributed by atoms with van der Waals surface area (Å²) in [6.45, 7) is 2.04. The molecule has 0 radical (unpaired) electrons. The molecule has 0 aliphatic heterocycles. The highest BCUT2D eigenvalue weighted by Crippen LogP contribution is 2.31. The number of carbonyl (C=O) groups excluding carboxylic acids is 2. The minimum atomic E-state index is -4.64. The van der Waals surface area contributed by atoms with Gasteiger partial charge in [0.1, 0.15) is 5.82 Å². The zero-order valence-corrected chi connectivity index (χ0v) is 20.3. The molecule has 0 saturated carbocycles. The van der Waals surface area contributed by atoms with Crippen molar-refractivity contribution in [2.45, 2.75) is 13.1 Å². The van der Waals surface area contributed by atoms with Crippen LogP contribution in [0.25, 0.3) is 22.4 Å². The molecule has 3 aromatic heterocycles. The molecule has 0 saturated heterocycles. The van der Waals surface area contributed by atoms with Gasteiger partial charge in [0.25, 0.3) is 5.91 Å². The van der Waals surface area contributed by atoms with Gasteiger partial charge in [0.2, 0.25) is 5.91 Å². The van der Waals surface area contributed by atoms with Crippen LogP contribution in [0.4, 0.5) is 24.7 Å². The fourth-order valence-electron chi connectivity index (χ4n) is 3.60. The molecule has 0 atom stereocenters. The molecule has 9 nitrogen and oxygen atoms in total. The number of aromatic nitrogens is 4. The number of alkyl halides is 3. The number of nitrogens with one attached hydrogen (secondary N) is 3. The summed E-state index contributed by atoms with van der Waals surface area (Å²) in [6.07, 6.45) is -0.886. The van der Waals surface area contributed by atoms with Gasteiger partial charge >= 0.3 is 6.18 Å². The fraction of sp³-hybridized carbons (Fsp3) is 0.154. The molecule has 194 valence electrons. The van der Waals surface area contributed by atoms with Crippen LogP contribution in [0.15, 0.2) is 67.1 Å². The largest absolute Gasteiger partial charge is 0.418 e. The number of anilines is 2. The Morgan fingerprint density at radius 3 is 2.45 bits per heavy atom. The second-order valence-electron chi connectivity index (χ2n) is 8.25. The minimum absolute atomic E-state index is 0.145. The van der Waals surface area contributed by atoms with Crippen LogP contribution >= 0.6 is 0 Å². The number of aryl methyl sites for hydroxylation is 1. The molecule has 0 unspecified atom stereocenters. The van der Waals surface area contributed by atoms with Crippen LogP contribution in [-0.4, -0.2) is 45.6 Å². The lowest BCUT2D eigenvalue weighted by atomic mass is 9.99. The van der Waals surface area contributed by atoms with Gasteiger partial charge in [0.05, 0.1) is 24.0 Å². The molecular formula is C26H22F3N7O2. The molecule has 12 heteroatoms. The van der Waals surface area contributed by atoms with Crippen molar-refractivity contribution in [1.82, 2.24) is 25.5 Å². The molecule has 4 rings (SSSR count). The van der Waals surface area contributed by atoms with Crippen molar-refractivity contribution in [3.05, 3.63) is 83.9 Å². The zero-order valence-electron chi connectivity index (χ0n) is 20.3. The van der Waals surface area contributed by atoms with Gasteiger partial charge in [-0.15, -0.1) is 5.10 Å². The second kappa shape index (κ2) is 11.1. The van der Waals surface area contributed by atoms with E-state index in [2.05, 4.69) is 36.1 Å². The summed E-state index contributed by atoms with van der Waals surface area (Å²) >= 11 is 0. The van der Waals surface area contributed by atoms with Crippen LogP contribution in [0.1, 0.15) is 21.6 Å². The third kappa shape index (κ3) is 6.34. The summed E-state index contributed by atoms with van der Waals surface area (Å²) in [5.74, 6) is -0.670. The molecule has 0 spiro atoms. The molecule has 0 bridgehead atoms. The standard InChI is InChI=1S/C26H22F3N7O2/c1-15-3-4-19(34-25(38)22-11-18(13-33-36-22)26(27,28)29)12-20(15)16-5-7-31-21(9-16)17-6-8-32-23(10-17)35-24(37)14-30-2/h3-13,30H,14H2,1-2H3,(H,34,38)(H,32,35,37). The Morgan fingerprint density at radius 1 is 0.921 bits per heavy atom. The fourth-order valence-corrected chi connectivity index (χ4v) is 3.60. The third-order valence-electron chi connectivity index (χ3n) is 5.44. The van der Waals surface area contributed by atoms with Gasteiger partial charge in [-0.05, 0) is 73.1 Å². The Balaban J connectivity index is 1.59. The highest BCUT2D eigenvalue weighted by atomic mass is 19.4. The van der Waals surface area contributed by atoms with Crippen LogP contribution in [0.2, 0.25) is 0 Å². The Bertz CT molecular complexity index is 1490. The average Bonchev–Trinajstić information content (AvgIpc) is 2.89. The van der Waals surface area contributed by atoms with E-state index in [4.69, 9.17) is 0 Å². The van der Waals surface area contributed by atoms with Crippen molar-refractivity contribution in [3.63, 3.8) is 0 Å². The SMILES string of the molecule is CNCC(=O)Nc1cc(-c2cc(-c3cc(NC(=O)c4cc(C(F)(F)F)cnn4)ccc3C)ccn2)ccn1. The van der Waals surface area contributed by atoms with Gasteiger partial charge in [-0.25, -0.2) is 4.98 Å². The van der Waals surface area contributed by atoms with Crippen molar-refractivity contribution in [3.8, 4) is 22.4 Å². The van der Waals surface area contributed by atoms with E-state index in [1.807, 2.05) is 13.0 Å². The topological polar surface area (TPSA) is 122 Å². The zero-order chi connectivity index (χ0) is 27.3. The Kier molecular flexibility index (Phi) is 7.72. The number of nitrogens with zero attached hydrogens (tertiary/aromatic N) is 4. The molecule has 3 N–H and O–H groups in total. The molecule has 38 heavy (non-hydrogen) atoms. The van der Waals surface area contributed by atoms with Crippen LogP contribution in [0, 0.1) is 6.92 Å². The molecule has 2 amide bonds. The quantitative estimate of drug-likeness (QED) is 0.331. The van der Waals surface area contributed by atoms with E-state index in [1.54, 1.807) is 55.8 Å². The maximum absolute atomic E-state index is 13.0. The van der Waals surface area contributed by atoms with E-state index in [9.17, 15) is 22.8 Å². The first-order chi connectivity index (χ1) is 18.1. The van der Waals surface area contributed by atoms with Crippen molar-refractivity contribution >= 4 is 23.3 Å². The van der Waals surface area contributed by atoms with Gasteiger partial charge < -0.3 is 16.0 Å². The van der Waals surface area contributed by atoms with Crippen LogP contribution < -0.4 is 16.0 Å². The lowest BCUT2D eigenvalue weighted by molar-refractivity contribution is -0.138.